The van der Waals surface area contributed by atoms with Gasteiger partial charge in [0.1, 0.15) is 0 Å². The van der Waals surface area contributed by atoms with E-state index in [-0.39, 0.29) is 0 Å². The molecule has 3 heteroatoms. The fourth-order valence-electron chi connectivity index (χ4n) is 3.18. The minimum absolute atomic E-state index is 0.580. The highest BCUT2D eigenvalue weighted by Crippen LogP contribution is 2.36. The highest BCUT2D eigenvalue weighted by molar-refractivity contribution is 5.72. The van der Waals surface area contributed by atoms with Crippen molar-refractivity contribution in [3.63, 3.8) is 0 Å². The van der Waals surface area contributed by atoms with Gasteiger partial charge in [0, 0.05) is 17.2 Å². The van der Waals surface area contributed by atoms with Crippen LogP contribution in [0.5, 0.6) is 0 Å². The van der Waals surface area contributed by atoms with Crippen LogP contribution in [0.4, 0.5) is 0 Å². The zero-order valence-corrected chi connectivity index (χ0v) is 12.6. The summed E-state index contributed by atoms with van der Waals surface area (Å²) in [5.74, 6) is 0.580. The minimum atomic E-state index is 0.580. The summed E-state index contributed by atoms with van der Waals surface area (Å²) in [4.78, 5) is 0. The number of rotatable bonds is 2. The molecule has 0 amide bonds. The fourth-order valence-corrected chi connectivity index (χ4v) is 3.18. The number of benzene rings is 1. The lowest BCUT2D eigenvalue weighted by atomic mass is 9.87. The standard InChI is InChI=1S/C17H23N3/c1-11-4-5-12(2)15(10-11)16-13(3)19-20-17(16)14-6-8-18-9-7-14/h4-5,10,14,18H,6-9H2,1-3H3,(H,19,20). The zero-order chi connectivity index (χ0) is 14.1. The predicted octanol–water partition coefficient (Wildman–Crippen LogP) is 3.47. The van der Waals surface area contributed by atoms with Crippen LogP contribution < -0.4 is 5.32 Å². The van der Waals surface area contributed by atoms with Gasteiger partial charge in [-0.25, -0.2) is 0 Å². The van der Waals surface area contributed by atoms with Crippen LogP contribution in [-0.4, -0.2) is 23.3 Å². The average Bonchev–Trinajstić information content (AvgIpc) is 2.84. The molecule has 1 aliphatic rings. The Kier molecular flexibility index (Phi) is 3.62. The number of H-pyrrole nitrogens is 1. The van der Waals surface area contributed by atoms with Crippen molar-refractivity contribution >= 4 is 0 Å². The SMILES string of the molecule is Cc1ccc(C)c(-c2c(C3CCNCC3)n[nH]c2C)c1. The molecule has 0 aliphatic carbocycles. The molecule has 0 spiro atoms. The summed E-state index contributed by atoms with van der Waals surface area (Å²) in [7, 11) is 0. The van der Waals surface area contributed by atoms with E-state index in [1.807, 2.05) is 0 Å². The predicted molar refractivity (Wildman–Crippen MR) is 83.1 cm³/mol. The normalized spacial score (nSPS) is 16.6. The number of aromatic amines is 1. The van der Waals surface area contributed by atoms with E-state index < -0.39 is 0 Å². The molecule has 1 aromatic heterocycles. The second kappa shape index (κ2) is 5.41. The lowest BCUT2D eigenvalue weighted by Gasteiger charge is -2.22. The molecule has 2 heterocycles. The third kappa shape index (κ3) is 2.38. The number of aromatic nitrogens is 2. The van der Waals surface area contributed by atoms with Gasteiger partial charge in [0.25, 0.3) is 0 Å². The topological polar surface area (TPSA) is 40.7 Å². The van der Waals surface area contributed by atoms with Crippen molar-refractivity contribution in [2.75, 3.05) is 13.1 Å². The molecule has 3 nitrogen and oxygen atoms in total. The second-order valence-electron chi connectivity index (χ2n) is 5.95. The van der Waals surface area contributed by atoms with Gasteiger partial charge in [-0.1, -0.05) is 23.8 Å². The summed E-state index contributed by atoms with van der Waals surface area (Å²) in [5.41, 5.74) is 7.76. The van der Waals surface area contributed by atoms with E-state index in [1.165, 1.54) is 46.5 Å². The van der Waals surface area contributed by atoms with E-state index in [9.17, 15) is 0 Å². The first kappa shape index (κ1) is 13.4. The molecule has 1 aromatic carbocycles. The Morgan fingerprint density at radius 2 is 1.85 bits per heavy atom. The van der Waals surface area contributed by atoms with Crippen LogP contribution in [0.1, 0.15) is 41.3 Å². The first-order chi connectivity index (χ1) is 9.66. The van der Waals surface area contributed by atoms with E-state index in [2.05, 4.69) is 54.5 Å². The lowest BCUT2D eigenvalue weighted by molar-refractivity contribution is 0.453. The molecule has 1 fully saturated rings. The molecular formula is C17H23N3. The van der Waals surface area contributed by atoms with Crippen LogP contribution in [0.2, 0.25) is 0 Å². The van der Waals surface area contributed by atoms with E-state index >= 15 is 0 Å². The zero-order valence-electron chi connectivity index (χ0n) is 12.6. The maximum Gasteiger partial charge on any atom is 0.0735 e. The number of nitrogens with zero attached hydrogens (tertiary/aromatic N) is 1. The number of hydrogen-bond donors (Lipinski definition) is 2. The Hall–Kier alpha value is -1.61. The molecule has 0 radical (unpaired) electrons. The second-order valence-corrected chi connectivity index (χ2v) is 5.95. The summed E-state index contributed by atoms with van der Waals surface area (Å²) in [6.45, 7) is 8.68. The maximum atomic E-state index is 4.63. The quantitative estimate of drug-likeness (QED) is 0.876. The fraction of sp³-hybridized carbons (Fsp3) is 0.471. The van der Waals surface area contributed by atoms with Crippen molar-refractivity contribution in [3.8, 4) is 11.1 Å². The summed E-state index contributed by atoms with van der Waals surface area (Å²) < 4.78 is 0. The van der Waals surface area contributed by atoms with Gasteiger partial charge in [0.15, 0.2) is 0 Å². The smallest absolute Gasteiger partial charge is 0.0735 e. The van der Waals surface area contributed by atoms with E-state index in [0.29, 0.717) is 5.92 Å². The lowest BCUT2D eigenvalue weighted by Crippen LogP contribution is -2.27. The van der Waals surface area contributed by atoms with Gasteiger partial charge in [0.05, 0.1) is 5.69 Å². The molecule has 1 aliphatic heterocycles. The van der Waals surface area contributed by atoms with Crippen molar-refractivity contribution in [1.29, 1.82) is 0 Å². The van der Waals surface area contributed by atoms with Crippen molar-refractivity contribution in [2.45, 2.75) is 39.5 Å². The Morgan fingerprint density at radius 3 is 2.60 bits per heavy atom. The number of aryl methyl sites for hydroxylation is 3. The van der Waals surface area contributed by atoms with Crippen LogP contribution in [0.3, 0.4) is 0 Å². The van der Waals surface area contributed by atoms with Crippen LogP contribution in [0.25, 0.3) is 11.1 Å². The number of nitrogens with one attached hydrogen (secondary N) is 2. The van der Waals surface area contributed by atoms with Gasteiger partial charge in [-0.2, -0.15) is 5.10 Å². The van der Waals surface area contributed by atoms with Gasteiger partial charge in [-0.15, -0.1) is 0 Å². The Bertz CT molecular complexity index is 607. The van der Waals surface area contributed by atoms with Gasteiger partial charge in [0.2, 0.25) is 0 Å². The number of piperidine rings is 1. The van der Waals surface area contributed by atoms with Crippen molar-refractivity contribution in [1.82, 2.24) is 15.5 Å². The molecule has 20 heavy (non-hydrogen) atoms. The van der Waals surface area contributed by atoms with Crippen LogP contribution in [0.15, 0.2) is 18.2 Å². The summed E-state index contributed by atoms with van der Waals surface area (Å²) >= 11 is 0. The van der Waals surface area contributed by atoms with Crippen LogP contribution in [-0.2, 0) is 0 Å². The monoisotopic (exact) mass is 269 g/mol. The molecule has 1 saturated heterocycles. The molecule has 0 atom stereocenters. The molecule has 0 saturated carbocycles. The largest absolute Gasteiger partial charge is 0.317 e. The van der Waals surface area contributed by atoms with Crippen LogP contribution in [0, 0.1) is 20.8 Å². The van der Waals surface area contributed by atoms with Gasteiger partial charge >= 0.3 is 0 Å². The van der Waals surface area contributed by atoms with Gasteiger partial charge in [-0.05, 0) is 57.8 Å². The van der Waals surface area contributed by atoms with E-state index in [4.69, 9.17) is 0 Å². The van der Waals surface area contributed by atoms with Crippen LogP contribution >= 0.6 is 0 Å². The molecule has 0 unspecified atom stereocenters. The molecule has 2 N–H and O–H groups in total. The highest BCUT2D eigenvalue weighted by atomic mass is 15.1. The summed E-state index contributed by atoms with van der Waals surface area (Å²) in [6, 6.07) is 6.68. The molecule has 106 valence electrons. The third-order valence-corrected chi connectivity index (χ3v) is 4.36. The number of hydrogen-bond acceptors (Lipinski definition) is 2. The van der Waals surface area contributed by atoms with E-state index in [1.54, 1.807) is 0 Å². The summed E-state index contributed by atoms with van der Waals surface area (Å²) in [5, 5.41) is 11.3. The Morgan fingerprint density at radius 1 is 1.10 bits per heavy atom. The van der Waals surface area contributed by atoms with Gasteiger partial charge < -0.3 is 5.32 Å². The Balaban J connectivity index is 2.08. The summed E-state index contributed by atoms with van der Waals surface area (Å²) in [6.07, 6.45) is 2.37. The molecule has 0 bridgehead atoms. The third-order valence-electron chi connectivity index (χ3n) is 4.36. The first-order valence-corrected chi connectivity index (χ1v) is 7.50. The first-order valence-electron chi connectivity index (χ1n) is 7.50. The van der Waals surface area contributed by atoms with Crippen molar-refractivity contribution in [2.24, 2.45) is 0 Å². The average molecular weight is 269 g/mol. The minimum Gasteiger partial charge on any atom is -0.317 e. The van der Waals surface area contributed by atoms with Crippen molar-refractivity contribution in [3.05, 3.63) is 40.7 Å². The molecule has 2 aromatic rings. The molecule has 3 rings (SSSR count). The van der Waals surface area contributed by atoms with Gasteiger partial charge in [-0.3, -0.25) is 5.10 Å². The van der Waals surface area contributed by atoms with Crippen molar-refractivity contribution < 1.29 is 0 Å². The Labute approximate surface area is 120 Å². The highest BCUT2D eigenvalue weighted by Gasteiger charge is 2.23. The van der Waals surface area contributed by atoms with E-state index in [0.717, 1.165) is 13.1 Å². The maximum absolute atomic E-state index is 4.63. The molecular weight excluding hydrogens is 246 g/mol.